The van der Waals surface area contributed by atoms with Gasteiger partial charge in [-0.25, -0.2) is 0 Å². The molecule has 0 saturated carbocycles. The summed E-state index contributed by atoms with van der Waals surface area (Å²) in [4.78, 5) is 2.47. The van der Waals surface area contributed by atoms with Gasteiger partial charge in [0.05, 0.1) is 11.6 Å². The third-order valence-corrected chi connectivity index (χ3v) is 3.52. The number of hydrogen-bond donors (Lipinski definition) is 0. The normalized spacial score (nSPS) is 10.9. The Balaban J connectivity index is 2.63. The molecule has 0 aliphatic heterocycles. The van der Waals surface area contributed by atoms with Crippen molar-refractivity contribution in [2.45, 2.75) is 33.2 Å². The van der Waals surface area contributed by atoms with Gasteiger partial charge in [-0.15, -0.1) is 0 Å². The van der Waals surface area contributed by atoms with Crippen LogP contribution in [0.25, 0.3) is 0 Å². The van der Waals surface area contributed by atoms with Gasteiger partial charge in [0.2, 0.25) is 0 Å². The third-order valence-electron chi connectivity index (χ3n) is 2.90. The van der Waals surface area contributed by atoms with Gasteiger partial charge in [-0.2, -0.15) is 0 Å². The second kappa shape index (κ2) is 7.72. The predicted octanol–water partition coefficient (Wildman–Crippen LogP) is 4.08. The summed E-state index contributed by atoms with van der Waals surface area (Å²) in [5.74, 6) is 0.894. The minimum Gasteiger partial charge on any atom is -0.496 e. The Morgan fingerprint density at radius 1 is 1.29 bits per heavy atom. The summed E-state index contributed by atoms with van der Waals surface area (Å²) >= 11 is 3.53. The molecule has 17 heavy (non-hydrogen) atoms. The molecule has 0 aliphatic rings. The minimum atomic E-state index is 0.894. The lowest BCUT2D eigenvalue weighted by Gasteiger charge is -2.20. The van der Waals surface area contributed by atoms with E-state index < -0.39 is 0 Å². The SMILES string of the molecule is CCCCN(CC)Cc1ccc(OC)c(Br)c1. The lowest BCUT2D eigenvalue weighted by molar-refractivity contribution is 0.275. The van der Waals surface area contributed by atoms with E-state index in [-0.39, 0.29) is 0 Å². The lowest BCUT2D eigenvalue weighted by atomic mass is 10.2. The fourth-order valence-electron chi connectivity index (χ4n) is 1.80. The van der Waals surface area contributed by atoms with Gasteiger partial charge in [-0.05, 0) is 53.1 Å². The van der Waals surface area contributed by atoms with Crippen molar-refractivity contribution in [2.24, 2.45) is 0 Å². The fourth-order valence-corrected chi connectivity index (χ4v) is 2.39. The van der Waals surface area contributed by atoms with Crippen LogP contribution in [0.1, 0.15) is 32.3 Å². The molecule has 0 unspecified atom stereocenters. The molecule has 0 heterocycles. The molecule has 3 heteroatoms. The van der Waals surface area contributed by atoms with Crippen LogP contribution in [0.4, 0.5) is 0 Å². The van der Waals surface area contributed by atoms with Crippen molar-refractivity contribution in [3.63, 3.8) is 0 Å². The van der Waals surface area contributed by atoms with Crippen molar-refractivity contribution in [2.75, 3.05) is 20.2 Å². The number of ether oxygens (including phenoxy) is 1. The number of methoxy groups -OCH3 is 1. The summed E-state index contributed by atoms with van der Waals surface area (Å²) in [7, 11) is 1.69. The van der Waals surface area contributed by atoms with Crippen molar-refractivity contribution in [3.05, 3.63) is 28.2 Å². The lowest BCUT2D eigenvalue weighted by Crippen LogP contribution is -2.23. The third kappa shape index (κ3) is 4.68. The smallest absolute Gasteiger partial charge is 0.133 e. The largest absolute Gasteiger partial charge is 0.496 e. The second-order valence-corrected chi connectivity index (χ2v) is 5.05. The molecule has 96 valence electrons. The van der Waals surface area contributed by atoms with Gasteiger partial charge >= 0.3 is 0 Å². The zero-order valence-corrected chi connectivity index (χ0v) is 12.6. The molecule has 0 radical (unpaired) electrons. The Morgan fingerprint density at radius 3 is 2.59 bits per heavy atom. The second-order valence-electron chi connectivity index (χ2n) is 4.19. The maximum atomic E-state index is 5.24. The molecule has 1 aromatic rings. The highest BCUT2D eigenvalue weighted by Gasteiger charge is 2.05. The first-order valence-electron chi connectivity index (χ1n) is 6.26. The highest BCUT2D eigenvalue weighted by molar-refractivity contribution is 9.10. The Labute approximate surface area is 113 Å². The molecule has 0 aromatic heterocycles. The molecule has 0 saturated heterocycles. The molecule has 1 rings (SSSR count). The molecular formula is C14H22BrNO. The summed E-state index contributed by atoms with van der Waals surface area (Å²) in [6.45, 7) is 7.74. The topological polar surface area (TPSA) is 12.5 Å². The number of unbranched alkanes of at least 4 members (excludes halogenated alkanes) is 1. The van der Waals surface area contributed by atoms with Crippen molar-refractivity contribution < 1.29 is 4.74 Å². The first-order valence-corrected chi connectivity index (χ1v) is 7.05. The van der Waals surface area contributed by atoms with Gasteiger partial charge in [0, 0.05) is 6.54 Å². The highest BCUT2D eigenvalue weighted by Crippen LogP contribution is 2.26. The minimum absolute atomic E-state index is 0.894. The van der Waals surface area contributed by atoms with E-state index >= 15 is 0 Å². The average Bonchev–Trinajstić information content (AvgIpc) is 2.34. The van der Waals surface area contributed by atoms with Crippen LogP contribution in [0.5, 0.6) is 5.75 Å². The van der Waals surface area contributed by atoms with Gasteiger partial charge in [-0.3, -0.25) is 4.90 Å². The maximum absolute atomic E-state index is 5.24. The Bertz CT molecular complexity index is 341. The van der Waals surface area contributed by atoms with Crippen LogP contribution in [-0.2, 0) is 6.54 Å². The molecular weight excluding hydrogens is 278 g/mol. The fraction of sp³-hybridized carbons (Fsp3) is 0.571. The van der Waals surface area contributed by atoms with Crippen molar-refractivity contribution in [1.82, 2.24) is 4.90 Å². The molecule has 2 nitrogen and oxygen atoms in total. The van der Waals surface area contributed by atoms with E-state index in [9.17, 15) is 0 Å². The van der Waals surface area contributed by atoms with Crippen molar-refractivity contribution >= 4 is 15.9 Å². The van der Waals surface area contributed by atoms with Gasteiger partial charge < -0.3 is 4.74 Å². The van der Waals surface area contributed by atoms with E-state index in [1.165, 1.54) is 24.9 Å². The first-order chi connectivity index (χ1) is 8.21. The van der Waals surface area contributed by atoms with Crippen LogP contribution in [0.3, 0.4) is 0 Å². The predicted molar refractivity (Wildman–Crippen MR) is 76.6 cm³/mol. The summed E-state index contributed by atoms with van der Waals surface area (Å²) in [5, 5.41) is 0. The molecule has 0 N–H and O–H groups in total. The van der Waals surface area contributed by atoms with E-state index in [0.29, 0.717) is 0 Å². The first kappa shape index (κ1) is 14.5. The summed E-state index contributed by atoms with van der Waals surface area (Å²) in [6.07, 6.45) is 2.52. The van der Waals surface area contributed by atoms with Gasteiger partial charge in [0.25, 0.3) is 0 Å². The molecule has 0 aliphatic carbocycles. The molecule has 0 fully saturated rings. The average molecular weight is 300 g/mol. The van der Waals surface area contributed by atoms with Crippen molar-refractivity contribution in [3.8, 4) is 5.75 Å². The molecule has 0 spiro atoms. The molecule has 1 aromatic carbocycles. The van der Waals surface area contributed by atoms with Crippen LogP contribution in [0.15, 0.2) is 22.7 Å². The number of rotatable bonds is 7. The Morgan fingerprint density at radius 2 is 2.06 bits per heavy atom. The highest BCUT2D eigenvalue weighted by atomic mass is 79.9. The molecule has 0 atom stereocenters. The number of halogens is 1. The van der Waals surface area contributed by atoms with E-state index in [1.54, 1.807) is 7.11 Å². The monoisotopic (exact) mass is 299 g/mol. The summed E-state index contributed by atoms with van der Waals surface area (Å²) in [6, 6.07) is 6.30. The molecule has 0 amide bonds. The van der Waals surface area contributed by atoms with Gasteiger partial charge in [0.1, 0.15) is 5.75 Å². The van der Waals surface area contributed by atoms with Crippen LogP contribution < -0.4 is 4.74 Å². The Hall–Kier alpha value is -0.540. The summed E-state index contributed by atoms with van der Waals surface area (Å²) in [5.41, 5.74) is 1.33. The van der Waals surface area contributed by atoms with Crippen LogP contribution in [0, 0.1) is 0 Å². The van der Waals surface area contributed by atoms with E-state index in [0.717, 1.165) is 23.3 Å². The van der Waals surface area contributed by atoms with E-state index in [2.05, 4.69) is 46.8 Å². The van der Waals surface area contributed by atoms with Gasteiger partial charge in [-0.1, -0.05) is 26.3 Å². The number of nitrogens with zero attached hydrogens (tertiary/aromatic N) is 1. The van der Waals surface area contributed by atoms with Crippen LogP contribution >= 0.6 is 15.9 Å². The summed E-state index contributed by atoms with van der Waals surface area (Å²) < 4.78 is 6.27. The number of benzene rings is 1. The van der Waals surface area contributed by atoms with E-state index in [1.807, 2.05) is 6.07 Å². The maximum Gasteiger partial charge on any atom is 0.133 e. The van der Waals surface area contributed by atoms with Crippen LogP contribution in [-0.4, -0.2) is 25.1 Å². The number of hydrogen-bond acceptors (Lipinski definition) is 2. The quantitative estimate of drug-likeness (QED) is 0.752. The van der Waals surface area contributed by atoms with Gasteiger partial charge in [0.15, 0.2) is 0 Å². The molecule has 0 bridgehead atoms. The Kier molecular flexibility index (Phi) is 6.60. The zero-order valence-electron chi connectivity index (χ0n) is 11.0. The van der Waals surface area contributed by atoms with E-state index in [4.69, 9.17) is 4.74 Å². The zero-order chi connectivity index (χ0) is 12.7. The standard InChI is InChI=1S/C14H22BrNO/c1-4-6-9-16(5-2)11-12-7-8-14(17-3)13(15)10-12/h7-8,10H,4-6,9,11H2,1-3H3. The van der Waals surface area contributed by atoms with Crippen molar-refractivity contribution in [1.29, 1.82) is 0 Å². The van der Waals surface area contributed by atoms with Crippen LogP contribution in [0.2, 0.25) is 0 Å².